The zero-order valence-corrected chi connectivity index (χ0v) is 25.5. The fraction of sp³-hybridized carbons (Fsp3) is 0.417. The molecule has 0 spiro atoms. The van der Waals surface area contributed by atoms with Crippen LogP contribution in [-0.4, -0.2) is 41.2 Å². The molecule has 0 unspecified atom stereocenters. The Hall–Kier alpha value is -4.00. The van der Waals surface area contributed by atoms with Gasteiger partial charge >= 0.3 is 0 Å². The molecular weight excluding hydrogens is 541 g/mol. The average Bonchev–Trinajstić information content (AvgIpc) is 3.49. The van der Waals surface area contributed by atoms with E-state index in [4.69, 9.17) is 0 Å². The fourth-order valence-electron chi connectivity index (χ4n) is 5.94. The average molecular weight is 586 g/mol. The second kappa shape index (κ2) is 15.5. The Labute approximate surface area is 255 Å². The number of carbonyl (C=O) groups excluding carboxylic acids is 3. The summed E-state index contributed by atoms with van der Waals surface area (Å²) in [4.78, 5) is 41.9. The summed E-state index contributed by atoms with van der Waals surface area (Å²) < 4.78 is 13.3. The van der Waals surface area contributed by atoms with Gasteiger partial charge in [-0.3, -0.25) is 14.4 Å². The third-order valence-corrected chi connectivity index (χ3v) is 8.49. The number of likely N-dealkylation sites (tertiary alicyclic amines) is 1. The minimum absolute atomic E-state index is 0.0107. The highest BCUT2D eigenvalue weighted by Gasteiger charge is 2.30. The van der Waals surface area contributed by atoms with E-state index in [-0.39, 0.29) is 47.5 Å². The summed E-state index contributed by atoms with van der Waals surface area (Å²) >= 11 is 0. The predicted molar refractivity (Wildman–Crippen MR) is 169 cm³/mol. The van der Waals surface area contributed by atoms with Gasteiger partial charge in [-0.05, 0) is 86.1 Å². The Kier molecular flexibility index (Phi) is 11.5. The molecule has 0 aromatic heterocycles. The summed E-state index contributed by atoms with van der Waals surface area (Å²) in [5.74, 6) is -1.14. The van der Waals surface area contributed by atoms with Crippen LogP contribution < -0.4 is 10.6 Å². The molecule has 3 amide bonds. The lowest BCUT2D eigenvalue weighted by molar-refractivity contribution is -0.119. The molecule has 43 heavy (non-hydrogen) atoms. The van der Waals surface area contributed by atoms with Crippen LogP contribution in [0.5, 0.6) is 0 Å². The third kappa shape index (κ3) is 8.99. The van der Waals surface area contributed by atoms with Crippen LogP contribution in [0.25, 0.3) is 0 Å². The first kappa shape index (κ1) is 31.9. The number of unbranched alkanes of at least 4 members (excludes halogenated alkanes) is 1. The largest absolute Gasteiger partial charge is 0.349 e. The Morgan fingerprint density at radius 3 is 2.40 bits per heavy atom. The molecule has 1 heterocycles. The molecule has 1 aliphatic heterocycles. The van der Waals surface area contributed by atoms with Crippen LogP contribution in [0.2, 0.25) is 0 Å². The van der Waals surface area contributed by atoms with Crippen molar-refractivity contribution in [3.8, 4) is 0 Å². The van der Waals surface area contributed by atoms with Gasteiger partial charge in [0.05, 0.1) is 0 Å². The molecule has 0 bridgehead atoms. The standard InChI is InChI=1S/C36H44FN3O3/c1-4-5-15-32-16-10-21-40(32)36(43)29-14-9-13-28(24-29)35(42)39-33(23-27-11-7-6-8-12-27)25(2)22-26(3)34(41)38-31-19-17-30(37)18-20-31/h6-9,11-14,17-20,24-26,32-33H,4-5,10,15-16,21-23H2,1-3H3,(H,38,41)(H,39,42)/t25-,26+,32-,33-/m0/s1. The maximum absolute atomic E-state index is 13.6. The molecule has 7 heteroatoms. The lowest BCUT2D eigenvalue weighted by Crippen LogP contribution is -2.42. The quantitative estimate of drug-likeness (QED) is 0.222. The molecule has 3 aromatic carbocycles. The maximum Gasteiger partial charge on any atom is 0.254 e. The zero-order chi connectivity index (χ0) is 30.8. The molecule has 1 fully saturated rings. The number of nitrogens with one attached hydrogen (secondary N) is 2. The van der Waals surface area contributed by atoms with E-state index < -0.39 is 0 Å². The Bertz CT molecular complexity index is 1360. The minimum atomic E-state index is -0.360. The zero-order valence-electron chi connectivity index (χ0n) is 25.5. The van der Waals surface area contributed by atoms with Crippen molar-refractivity contribution in [1.82, 2.24) is 10.2 Å². The number of amides is 3. The van der Waals surface area contributed by atoms with Gasteiger partial charge < -0.3 is 15.5 Å². The fourth-order valence-corrected chi connectivity index (χ4v) is 5.94. The highest BCUT2D eigenvalue weighted by atomic mass is 19.1. The van der Waals surface area contributed by atoms with Crippen LogP contribution >= 0.6 is 0 Å². The van der Waals surface area contributed by atoms with Gasteiger partial charge in [0, 0.05) is 41.4 Å². The molecule has 4 atom stereocenters. The lowest BCUT2D eigenvalue weighted by atomic mass is 9.87. The van der Waals surface area contributed by atoms with Crippen LogP contribution in [0.1, 0.15) is 85.6 Å². The number of benzene rings is 3. The summed E-state index contributed by atoms with van der Waals surface area (Å²) in [6.45, 7) is 6.82. The monoisotopic (exact) mass is 585 g/mol. The normalized spacial score (nSPS) is 16.7. The van der Waals surface area contributed by atoms with Gasteiger partial charge in [0.15, 0.2) is 0 Å². The first-order valence-electron chi connectivity index (χ1n) is 15.6. The molecule has 0 radical (unpaired) electrons. The maximum atomic E-state index is 13.6. The summed E-state index contributed by atoms with van der Waals surface area (Å²) in [5, 5.41) is 6.07. The van der Waals surface area contributed by atoms with E-state index in [1.54, 1.807) is 24.3 Å². The van der Waals surface area contributed by atoms with Crippen molar-refractivity contribution in [3.63, 3.8) is 0 Å². The molecule has 228 valence electrons. The molecule has 1 aliphatic rings. The summed E-state index contributed by atoms with van der Waals surface area (Å²) in [7, 11) is 0. The summed E-state index contributed by atoms with van der Waals surface area (Å²) in [6.07, 6.45) is 6.41. The molecule has 0 saturated carbocycles. The van der Waals surface area contributed by atoms with Crippen molar-refractivity contribution in [1.29, 1.82) is 0 Å². The SMILES string of the molecule is CCCC[C@H]1CCCN1C(=O)c1cccc(C(=O)N[C@@H](Cc2ccccc2)[C@@H](C)C[C@@H](C)C(=O)Nc2ccc(F)cc2)c1. The number of anilines is 1. The van der Waals surface area contributed by atoms with E-state index in [1.807, 2.05) is 49.1 Å². The number of hydrogen-bond acceptors (Lipinski definition) is 3. The topological polar surface area (TPSA) is 78.5 Å². The van der Waals surface area contributed by atoms with Crippen molar-refractivity contribution in [2.24, 2.45) is 11.8 Å². The minimum Gasteiger partial charge on any atom is -0.349 e. The van der Waals surface area contributed by atoms with E-state index in [9.17, 15) is 18.8 Å². The smallest absolute Gasteiger partial charge is 0.254 e. The van der Waals surface area contributed by atoms with E-state index in [0.717, 1.165) is 44.2 Å². The molecule has 3 aromatic rings. The first-order chi connectivity index (χ1) is 20.7. The van der Waals surface area contributed by atoms with Gasteiger partial charge in [-0.25, -0.2) is 4.39 Å². The van der Waals surface area contributed by atoms with E-state index >= 15 is 0 Å². The van der Waals surface area contributed by atoms with Crippen molar-refractivity contribution < 1.29 is 18.8 Å². The number of hydrogen-bond donors (Lipinski definition) is 2. The van der Waals surface area contributed by atoms with E-state index in [2.05, 4.69) is 17.6 Å². The van der Waals surface area contributed by atoms with Crippen LogP contribution in [0.4, 0.5) is 10.1 Å². The Balaban J connectivity index is 1.45. The number of halogens is 1. The molecule has 4 rings (SSSR count). The van der Waals surface area contributed by atoms with Gasteiger partial charge in [0.25, 0.3) is 11.8 Å². The summed E-state index contributed by atoms with van der Waals surface area (Å²) in [5.41, 5.74) is 2.61. The van der Waals surface area contributed by atoms with Gasteiger partial charge in [-0.15, -0.1) is 0 Å². The van der Waals surface area contributed by atoms with Crippen molar-refractivity contribution >= 4 is 23.4 Å². The Morgan fingerprint density at radius 2 is 1.67 bits per heavy atom. The number of rotatable bonds is 13. The molecule has 1 saturated heterocycles. The Morgan fingerprint density at radius 1 is 0.953 bits per heavy atom. The van der Waals surface area contributed by atoms with Crippen molar-refractivity contribution in [2.45, 2.75) is 77.8 Å². The first-order valence-corrected chi connectivity index (χ1v) is 15.6. The van der Waals surface area contributed by atoms with Gasteiger partial charge in [0.2, 0.25) is 5.91 Å². The van der Waals surface area contributed by atoms with Gasteiger partial charge in [0.1, 0.15) is 5.82 Å². The second-order valence-corrected chi connectivity index (χ2v) is 11.9. The second-order valence-electron chi connectivity index (χ2n) is 11.9. The highest BCUT2D eigenvalue weighted by molar-refractivity contribution is 6.00. The lowest BCUT2D eigenvalue weighted by Gasteiger charge is -2.28. The van der Waals surface area contributed by atoms with Crippen molar-refractivity contribution in [3.05, 3.63) is 101 Å². The number of carbonyl (C=O) groups is 3. The molecular formula is C36H44FN3O3. The molecule has 2 N–H and O–H groups in total. The van der Waals surface area contributed by atoms with E-state index in [0.29, 0.717) is 29.7 Å². The van der Waals surface area contributed by atoms with E-state index in [1.165, 1.54) is 24.3 Å². The highest BCUT2D eigenvalue weighted by Crippen LogP contribution is 2.25. The van der Waals surface area contributed by atoms with Crippen LogP contribution in [0.3, 0.4) is 0 Å². The van der Waals surface area contributed by atoms with Crippen LogP contribution in [0.15, 0.2) is 78.9 Å². The van der Waals surface area contributed by atoms with Crippen LogP contribution in [-0.2, 0) is 11.2 Å². The third-order valence-electron chi connectivity index (χ3n) is 8.49. The van der Waals surface area contributed by atoms with Gasteiger partial charge in [-0.1, -0.05) is 70.0 Å². The van der Waals surface area contributed by atoms with Crippen LogP contribution in [0, 0.1) is 17.7 Å². The van der Waals surface area contributed by atoms with Gasteiger partial charge in [-0.2, -0.15) is 0 Å². The summed E-state index contributed by atoms with van der Waals surface area (Å²) in [6, 6.07) is 22.7. The molecule has 6 nitrogen and oxygen atoms in total. The number of nitrogens with zero attached hydrogens (tertiary/aromatic N) is 1. The van der Waals surface area contributed by atoms with Crippen molar-refractivity contribution in [2.75, 3.05) is 11.9 Å². The molecule has 0 aliphatic carbocycles. The predicted octanol–water partition coefficient (Wildman–Crippen LogP) is 7.26.